The molecule has 3 unspecified atom stereocenters. The molecule has 0 aliphatic carbocycles. The van der Waals surface area contributed by atoms with Crippen LogP contribution in [0.5, 0.6) is 0 Å². The van der Waals surface area contributed by atoms with Crippen LogP contribution in [0.15, 0.2) is 30.3 Å². The number of hydrogen-bond acceptors (Lipinski definition) is 3. The number of piperazine rings is 1. The van der Waals surface area contributed by atoms with Crippen molar-refractivity contribution in [1.82, 2.24) is 10.2 Å². The second-order valence-electron chi connectivity index (χ2n) is 7.13. The average molecular weight is 288 g/mol. The maximum Gasteiger partial charge on any atom is 0.0648 e. The summed E-state index contributed by atoms with van der Waals surface area (Å²) in [7, 11) is 0. The van der Waals surface area contributed by atoms with E-state index in [9.17, 15) is 0 Å². The SMILES string of the molecule is CC(C)C1CNC(c2ccccc2)CN1C1(C)CCOC1. The van der Waals surface area contributed by atoms with E-state index in [4.69, 9.17) is 4.74 Å². The molecular formula is C18H28N2O. The molecule has 1 aromatic rings. The second-order valence-corrected chi connectivity index (χ2v) is 7.13. The average Bonchev–Trinajstić information content (AvgIpc) is 2.95. The molecule has 116 valence electrons. The maximum absolute atomic E-state index is 5.72. The summed E-state index contributed by atoms with van der Waals surface area (Å²) in [5.41, 5.74) is 1.59. The molecule has 3 rings (SSSR count). The Balaban J connectivity index is 1.82. The second kappa shape index (κ2) is 6.07. The van der Waals surface area contributed by atoms with E-state index >= 15 is 0 Å². The van der Waals surface area contributed by atoms with Crippen LogP contribution in [0.3, 0.4) is 0 Å². The minimum absolute atomic E-state index is 0.198. The summed E-state index contributed by atoms with van der Waals surface area (Å²) in [5.74, 6) is 0.659. The summed E-state index contributed by atoms with van der Waals surface area (Å²) >= 11 is 0. The van der Waals surface area contributed by atoms with Crippen molar-refractivity contribution in [2.75, 3.05) is 26.3 Å². The van der Waals surface area contributed by atoms with Crippen molar-refractivity contribution < 1.29 is 4.74 Å². The Labute approximate surface area is 128 Å². The lowest BCUT2D eigenvalue weighted by molar-refractivity contribution is -0.00549. The number of nitrogens with one attached hydrogen (secondary N) is 1. The first-order chi connectivity index (χ1) is 10.1. The van der Waals surface area contributed by atoms with Crippen LogP contribution in [-0.2, 0) is 4.74 Å². The molecule has 1 aromatic carbocycles. The third kappa shape index (κ3) is 3.01. The Morgan fingerprint density at radius 2 is 2.05 bits per heavy atom. The summed E-state index contributed by atoms with van der Waals surface area (Å²) in [5, 5.41) is 3.76. The standard InChI is InChI=1S/C18H28N2O/c1-14(2)17-11-19-16(15-7-5-4-6-8-15)12-20(17)18(3)9-10-21-13-18/h4-8,14,16-17,19H,9-13H2,1-3H3. The molecule has 21 heavy (non-hydrogen) atoms. The van der Waals surface area contributed by atoms with Crippen LogP contribution in [0.2, 0.25) is 0 Å². The van der Waals surface area contributed by atoms with Crippen LogP contribution in [0.4, 0.5) is 0 Å². The van der Waals surface area contributed by atoms with Crippen LogP contribution in [-0.4, -0.2) is 42.8 Å². The van der Waals surface area contributed by atoms with E-state index in [1.807, 2.05) is 0 Å². The monoisotopic (exact) mass is 288 g/mol. The zero-order chi connectivity index (χ0) is 14.9. The zero-order valence-corrected chi connectivity index (χ0v) is 13.5. The molecule has 2 aliphatic heterocycles. The number of hydrogen-bond donors (Lipinski definition) is 1. The lowest BCUT2D eigenvalue weighted by Gasteiger charge is -2.50. The molecule has 0 amide bonds. The first-order valence-corrected chi connectivity index (χ1v) is 8.23. The molecule has 0 saturated carbocycles. The van der Waals surface area contributed by atoms with Crippen molar-refractivity contribution in [3.8, 4) is 0 Å². The van der Waals surface area contributed by atoms with E-state index in [2.05, 4.69) is 61.3 Å². The van der Waals surface area contributed by atoms with Crippen molar-refractivity contribution in [2.45, 2.75) is 44.8 Å². The molecule has 0 radical (unpaired) electrons. The van der Waals surface area contributed by atoms with Crippen molar-refractivity contribution in [3.63, 3.8) is 0 Å². The number of ether oxygens (including phenoxy) is 1. The van der Waals surface area contributed by atoms with Gasteiger partial charge in [0.25, 0.3) is 0 Å². The summed E-state index contributed by atoms with van der Waals surface area (Å²) in [6, 6.07) is 11.9. The molecule has 0 bridgehead atoms. The van der Waals surface area contributed by atoms with E-state index in [1.165, 1.54) is 5.56 Å². The fraction of sp³-hybridized carbons (Fsp3) is 0.667. The van der Waals surface area contributed by atoms with E-state index < -0.39 is 0 Å². The third-order valence-corrected chi connectivity index (χ3v) is 5.22. The minimum atomic E-state index is 0.198. The maximum atomic E-state index is 5.72. The van der Waals surface area contributed by atoms with E-state index in [0.29, 0.717) is 18.0 Å². The van der Waals surface area contributed by atoms with E-state index in [1.54, 1.807) is 0 Å². The Kier molecular flexibility index (Phi) is 4.34. The summed E-state index contributed by atoms with van der Waals surface area (Å²) in [4.78, 5) is 2.72. The predicted molar refractivity (Wildman–Crippen MR) is 86.4 cm³/mol. The van der Waals surface area contributed by atoms with Gasteiger partial charge in [-0.3, -0.25) is 4.90 Å². The van der Waals surface area contributed by atoms with Gasteiger partial charge in [0.15, 0.2) is 0 Å². The van der Waals surface area contributed by atoms with Crippen molar-refractivity contribution in [1.29, 1.82) is 0 Å². The molecule has 3 atom stereocenters. The number of nitrogens with zero attached hydrogens (tertiary/aromatic N) is 1. The molecule has 3 nitrogen and oxygen atoms in total. The van der Waals surface area contributed by atoms with Gasteiger partial charge in [0, 0.05) is 37.3 Å². The first-order valence-electron chi connectivity index (χ1n) is 8.23. The normalized spacial score (nSPS) is 34.5. The largest absolute Gasteiger partial charge is 0.379 e. The quantitative estimate of drug-likeness (QED) is 0.925. The van der Waals surface area contributed by atoms with Crippen LogP contribution >= 0.6 is 0 Å². The molecule has 0 aromatic heterocycles. The Hall–Kier alpha value is -0.900. The molecule has 3 heteroatoms. The highest BCUT2D eigenvalue weighted by Gasteiger charge is 2.43. The van der Waals surface area contributed by atoms with Gasteiger partial charge in [0.1, 0.15) is 0 Å². The van der Waals surface area contributed by atoms with Crippen LogP contribution in [0.25, 0.3) is 0 Å². The topological polar surface area (TPSA) is 24.5 Å². The Morgan fingerprint density at radius 1 is 1.29 bits per heavy atom. The molecular weight excluding hydrogens is 260 g/mol. The van der Waals surface area contributed by atoms with Gasteiger partial charge in [-0.05, 0) is 24.8 Å². The van der Waals surface area contributed by atoms with Gasteiger partial charge in [-0.25, -0.2) is 0 Å². The summed E-state index contributed by atoms with van der Waals surface area (Å²) in [6.07, 6.45) is 1.15. The van der Waals surface area contributed by atoms with E-state index in [-0.39, 0.29) is 5.54 Å². The molecule has 0 spiro atoms. The lowest BCUT2D eigenvalue weighted by atomic mass is 9.88. The highest BCUT2D eigenvalue weighted by atomic mass is 16.5. The summed E-state index contributed by atoms with van der Waals surface area (Å²) < 4.78 is 5.72. The van der Waals surface area contributed by atoms with Gasteiger partial charge >= 0.3 is 0 Å². The molecule has 1 N–H and O–H groups in total. The molecule has 2 heterocycles. The fourth-order valence-corrected chi connectivity index (χ4v) is 3.78. The van der Waals surface area contributed by atoms with Gasteiger partial charge in [0.05, 0.1) is 6.61 Å². The van der Waals surface area contributed by atoms with Gasteiger partial charge < -0.3 is 10.1 Å². The molecule has 2 fully saturated rings. The van der Waals surface area contributed by atoms with Gasteiger partial charge in [-0.2, -0.15) is 0 Å². The first kappa shape index (κ1) is 15.0. The fourth-order valence-electron chi connectivity index (χ4n) is 3.78. The smallest absolute Gasteiger partial charge is 0.0648 e. The summed E-state index contributed by atoms with van der Waals surface area (Å²) in [6.45, 7) is 11.0. The number of benzene rings is 1. The number of rotatable bonds is 3. The van der Waals surface area contributed by atoms with Crippen molar-refractivity contribution in [2.24, 2.45) is 5.92 Å². The van der Waals surface area contributed by atoms with Gasteiger partial charge in [-0.1, -0.05) is 44.2 Å². The van der Waals surface area contributed by atoms with Crippen molar-refractivity contribution in [3.05, 3.63) is 35.9 Å². The van der Waals surface area contributed by atoms with E-state index in [0.717, 1.165) is 32.7 Å². The van der Waals surface area contributed by atoms with Crippen LogP contribution in [0.1, 0.15) is 38.8 Å². The van der Waals surface area contributed by atoms with Crippen molar-refractivity contribution >= 4 is 0 Å². The third-order valence-electron chi connectivity index (χ3n) is 5.22. The van der Waals surface area contributed by atoms with Gasteiger partial charge in [0.2, 0.25) is 0 Å². The highest BCUT2D eigenvalue weighted by molar-refractivity contribution is 5.20. The lowest BCUT2D eigenvalue weighted by Crippen LogP contribution is -2.62. The Morgan fingerprint density at radius 3 is 2.67 bits per heavy atom. The van der Waals surface area contributed by atoms with Crippen LogP contribution < -0.4 is 5.32 Å². The predicted octanol–water partition coefficient (Wildman–Crippen LogP) is 2.84. The zero-order valence-electron chi connectivity index (χ0n) is 13.5. The molecule has 2 aliphatic rings. The van der Waals surface area contributed by atoms with Crippen LogP contribution in [0, 0.1) is 5.92 Å². The Bertz CT molecular complexity index is 454. The molecule has 2 saturated heterocycles. The van der Waals surface area contributed by atoms with Gasteiger partial charge in [-0.15, -0.1) is 0 Å². The highest BCUT2D eigenvalue weighted by Crippen LogP contribution is 2.34. The minimum Gasteiger partial charge on any atom is -0.379 e.